The van der Waals surface area contributed by atoms with Gasteiger partial charge in [-0.25, -0.2) is 4.72 Å². The molecule has 0 aliphatic carbocycles. The molecular formula is C10H24N4O2S2. The number of hydrogen-bond acceptors (Lipinski definition) is 5. The fraction of sp³-hybridized carbons (Fsp3) is 1.00. The van der Waals surface area contributed by atoms with Crippen LogP contribution in [0.5, 0.6) is 0 Å². The van der Waals surface area contributed by atoms with Crippen LogP contribution in [0, 0.1) is 0 Å². The molecule has 1 saturated heterocycles. The SMILES string of the molecule is CN(CCCN)S(=O)(=O)NCCN1CCSCC1. The summed E-state index contributed by atoms with van der Waals surface area (Å²) in [4.78, 5) is 2.29. The zero-order valence-electron chi connectivity index (χ0n) is 11.0. The maximum Gasteiger partial charge on any atom is 0.279 e. The molecule has 8 heteroatoms. The van der Waals surface area contributed by atoms with Crippen molar-refractivity contribution in [3.63, 3.8) is 0 Å². The maximum atomic E-state index is 11.8. The number of thioether (sulfide) groups is 1. The van der Waals surface area contributed by atoms with Gasteiger partial charge in [0.2, 0.25) is 0 Å². The molecule has 0 bridgehead atoms. The Morgan fingerprint density at radius 2 is 2.06 bits per heavy atom. The van der Waals surface area contributed by atoms with Gasteiger partial charge < -0.3 is 10.6 Å². The topological polar surface area (TPSA) is 78.7 Å². The van der Waals surface area contributed by atoms with Crippen LogP contribution in [0.15, 0.2) is 0 Å². The van der Waals surface area contributed by atoms with Crippen molar-refractivity contribution in [3.8, 4) is 0 Å². The second kappa shape index (κ2) is 8.34. The average molecular weight is 296 g/mol. The van der Waals surface area contributed by atoms with Gasteiger partial charge in [-0.1, -0.05) is 0 Å². The normalized spacial score (nSPS) is 18.4. The van der Waals surface area contributed by atoms with Crippen LogP contribution in [0.2, 0.25) is 0 Å². The van der Waals surface area contributed by atoms with Gasteiger partial charge in [0.15, 0.2) is 0 Å². The molecule has 0 radical (unpaired) electrons. The van der Waals surface area contributed by atoms with E-state index < -0.39 is 10.2 Å². The molecule has 1 heterocycles. The van der Waals surface area contributed by atoms with Gasteiger partial charge in [-0.2, -0.15) is 24.5 Å². The molecule has 1 fully saturated rings. The van der Waals surface area contributed by atoms with Crippen molar-refractivity contribution < 1.29 is 8.42 Å². The third-order valence-corrected chi connectivity index (χ3v) is 5.42. The summed E-state index contributed by atoms with van der Waals surface area (Å²) in [6.45, 7) is 4.33. The van der Waals surface area contributed by atoms with Crippen molar-refractivity contribution in [1.82, 2.24) is 13.9 Å². The van der Waals surface area contributed by atoms with Crippen molar-refractivity contribution >= 4 is 22.0 Å². The Labute approximate surface area is 114 Å². The summed E-state index contributed by atoms with van der Waals surface area (Å²) in [6, 6.07) is 0. The highest BCUT2D eigenvalue weighted by molar-refractivity contribution is 7.99. The fourth-order valence-electron chi connectivity index (χ4n) is 1.70. The molecule has 0 aromatic carbocycles. The molecule has 0 unspecified atom stereocenters. The van der Waals surface area contributed by atoms with E-state index in [1.54, 1.807) is 7.05 Å². The fourth-order valence-corrected chi connectivity index (χ4v) is 3.62. The van der Waals surface area contributed by atoms with Gasteiger partial charge in [-0.3, -0.25) is 0 Å². The Kier molecular flexibility index (Phi) is 7.50. The first kappa shape index (κ1) is 16.2. The van der Waals surface area contributed by atoms with Crippen molar-refractivity contribution in [2.24, 2.45) is 5.73 Å². The minimum absolute atomic E-state index is 0.464. The van der Waals surface area contributed by atoms with Gasteiger partial charge in [-0.15, -0.1) is 0 Å². The van der Waals surface area contributed by atoms with Gasteiger partial charge >= 0.3 is 0 Å². The van der Waals surface area contributed by atoms with Crippen molar-refractivity contribution in [2.45, 2.75) is 6.42 Å². The summed E-state index contributed by atoms with van der Waals surface area (Å²) >= 11 is 1.95. The van der Waals surface area contributed by atoms with Crippen LogP contribution in [-0.2, 0) is 10.2 Å². The highest BCUT2D eigenvalue weighted by Gasteiger charge is 2.17. The van der Waals surface area contributed by atoms with Crippen LogP contribution < -0.4 is 10.5 Å². The lowest BCUT2D eigenvalue weighted by Crippen LogP contribution is -2.44. The van der Waals surface area contributed by atoms with E-state index in [-0.39, 0.29) is 0 Å². The van der Waals surface area contributed by atoms with E-state index in [0.717, 1.165) is 31.1 Å². The van der Waals surface area contributed by atoms with Crippen LogP contribution in [0.4, 0.5) is 0 Å². The Bertz CT molecular complexity index is 318. The number of nitrogens with one attached hydrogen (secondary N) is 1. The first-order valence-electron chi connectivity index (χ1n) is 6.27. The molecule has 1 aliphatic heterocycles. The minimum atomic E-state index is -3.34. The summed E-state index contributed by atoms with van der Waals surface area (Å²) in [7, 11) is -1.76. The van der Waals surface area contributed by atoms with Gasteiger partial charge in [0.05, 0.1) is 0 Å². The van der Waals surface area contributed by atoms with Crippen LogP contribution in [0.1, 0.15) is 6.42 Å². The van der Waals surface area contributed by atoms with E-state index >= 15 is 0 Å². The van der Waals surface area contributed by atoms with E-state index in [9.17, 15) is 8.42 Å². The van der Waals surface area contributed by atoms with Crippen LogP contribution in [0.3, 0.4) is 0 Å². The van der Waals surface area contributed by atoms with Gasteiger partial charge in [0.25, 0.3) is 10.2 Å². The molecule has 0 saturated carbocycles. The Hall–Kier alpha value is 0.140. The molecule has 0 amide bonds. The second-order valence-corrected chi connectivity index (χ2v) is 7.40. The summed E-state index contributed by atoms with van der Waals surface area (Å²) in [5, 5.41) is 0. The smallest absolute Gasteiger partial charge is 0.279 e. The molecule has 0 aromatic rings. The maximum absolute atomic E-state index is 11.8. The highest BCUT2D eigenvalue weighted by atomic mass is 32.2. The lowest BCUT2D eigenvalue weighted by molar-refractivity contribution is 0.306. The van der Waals surface area contributed by atoms with Crippen molar-refractivity contribution in [3.05, 3.63) is 0 Å². The third kappa shape index (κ3) is 5.85. The second-order valence-electron chi connectivity index (χ2n) is 4.32. The Morgan fingerprint density at radius 3 is 2.67 bits per heavy atom. The van der Waals surface area contributed by atoms with Crippen molar-refractivity contribution in [2.75, 3.05) is 57.8 Å². The largest absolute Gasteiger partial charge is 0.330 e. The van der Waals surface area contributed by atoms with Gasteiger partial charge in [-0.05, 0) is 13.0 Å². The summed E-state index contributed by atoms with van der Waals surface area (Å²) in [5.74, 6) is 2.28. The predicted molar refractivity (Wildman–Crippen MR) is 77.0 cm³/mol. The zero-order chi connectivity index (χ0) is 13.4. The number of hydrogen-bond donors (Lipinski definition) is 2. The quantitative estimate of drug-likeness (QED) is 0.610. The standard InChI is InChI=1S/C10H24N4O2S2/c1-13(5-2-3-11)18(15,16)12-4-6-14-7-9-17-10-8-14/h12H,2-11H2,1H3. The molecule has 6 nitrogen and oxygen atoms in total. The van der Waals surface area contributed by atoms with E-state index in [1.807, 2.05) is 11.8 Å². The van der Waals surface area contributed by atoms with Crippen LogP contribution in [-0.4, -0.2) is 75.4 Å². The molecule has 108 valence electrons. The average Bonchev–Trinajstić information content (AvgIpc) is 2.37. The third-order valence-electron chi connectivity index (χ3n) is 2.90. The first-order chi connectivity index (χ1) is 8.56. The number of rotatable bonds is 8. The number of nitrogens with two attached hydrogens (primary N) is 1. The molecule has 1 rings (SSSR count). The Morgan fingerprint density at radius 1 is 1.39 bits per heavy atom. The lowest BCUT2D eigenvalue weighted by Gasteiger charge is -2.26. The molecule has 1 aliphatic rings. The number of nitrogens with zero attached hydrogens (tertiary/aromatic N) is 2. The van der Waals surface area contributed by atoms with Crippen molar-refractivity contribution in [1.29, 1.82) is 0 Å². The zero-order valence-corrected chi connectivity index (χ0v) is 12.6. The van der Waals surface area contributed by atoms with E-state index in [4.69, 9.17) is 5.73 Å². The summed E-state index contributed by atoms with van der Waals surface area (Å²) in [5.41, 5.74) is 5.37. The lowest BCUT2D eigenvalue weighted by atomic mass is 10.4. The minimum Gasteiger partial charge on any atom is -0.330 e. The highest BCUT2D eigenvalue weighted by Crippen LogP contribution is 2.08. The van der Waals surface area contributed by atoms with E-state index in [0.29, 0.717) is 26.1 Å². The first-order valence-corrected chi connectivity index (χ1v) is 8.87. The van der Waals surface area contributed by atoms with E-state index in [1.165, 1.54) is 4.31 Å². The molecule has 3 N–H and O–H groups in total. The van der Waals surface area contributed by atoms with Crippen LogP contribution >= 0.6 is 11.8 Å². The van der Waals surface area contributed by atoms with Crippen LogP contribution in [0.25, 0.3) is 0 Å². The monoisotopic (exact) mass is 296 g/mol. The molecule has 0 atom stereocenters. The van der Waals surface area contributed by atoms with Gasteiger partial charge in [0, 0.05) is 51.3 Å². The summed E-state index contributed by atoms with van der Waals surface area (Å²) in [6.07, 6.45) is 0.681. The summed E-state index contributed by atoms with van der Waals surface area (Å²) < 4.78 is 27.6. The molecule has 18 heavy (non-hydrogen) atoms. The predicted octanol–water partition coefficient (Wildman–Crippen LogP) is -0.850. The van der Waals surface area contributed by atoms with E-state index in [2.05, 4.69) is 9.62 Å². The Balaban J connectivity index is 2.23. The molecule has 0 spiro atoms. The molecular weight excluding hydrogens is 272 g/mol. The van der Waals surface area contributed by atoms with Gasteiger partial charge in [0.1, 0.15) is 0 Å². The molecule has 0 aromatic heterocycles.